The SMILES string of the molecule is Fc1ccc(-c2noc(Cc3nnc(-c4cccc(F)c4)o3)n2)cc1. The summed E-state index contributed by atoms with van der Waals surface area (Å²) >= 11 is 0. The third-order valence-electron chi connectivity index (χ3n) is 3.41. The zero-order valence-corrected chi connectivity index (χ0v) is 12.7. The van der Waals surface area contributed by atoms with Crippen molar-refractivity contribution < 1.29 is 17.7 Å². The van der Waals surface area contributed by atoms with E-state index in [0.717, 1.165) is 0 Å². The Bertz CT molecular complexity index is 1010. The Morgan fingerprint density at radius 1 is 0.840 bits per heavy atom. The van der Waals surface area contributed by atoms with Crippen molar-refractivity contribution in [3.8, 4) is 22.8 Å². The Kier molecular flexibility index (Phi) is 3.77. The van der Waals surface area contributed by atoms with E-state index < -0.39 is 5.82 Å². The van der Waals surface area contributed by atoms with Crippen molar-refractivity contribution in [3.05, 3.63) is 71.9 Å². The van der Waals surface area contributed by atoms with Gasteiger partial charge in [-0.3, -0.25) is 0 Å². The molecule has 25 heavy (non-hydrogen) atoms. The Balaban J connectivity index is 1.52. The highest BCUT2D eigenvalue weighted by Gasteiger charge is 2.14. The summed E-state index contributed by atoms with van der Waals surface area (Å²) in [6.45, 7) is 0. The van der Waals surface area contributed by atoms with Crippen LogP contribution in [0.15, 0.2) is 57.5 Å². The molecule has 4 rings (SSSR count). The highest BCUT2D eigenvalue weighted by Crippen LogP contribution is 2.21. The Hall–Kier alpha value is -3.42. The Morgan fingerprint density at radius 2 is 1.68 bits per heavy atom. The molecule has 0 amide bonds. The van der Waals surface area contributed by atoms with Gasteiger partial charge in [0.2, 0.25) is 23.5 Å². The topological polar surface area (TPSA) is 77.8 Å². The fourth-order valence-electron chi connectivity index (χ4n) is 2.24. The summed E-state index contributed by atoms with van der Waals surface area (Å²) in [5.74, 6) is 0.330. The van der Waals surface area contributed by atoms with Crippen LogP contribution in [0.2, 0.25) is 0 Å². The second-order valence-corrected chi connectivity index (χ2v) is 5.21. The predicted molar refractivity (Wildman–Crippen MR) is 82.2 cm³/mol. The number of hydrogen-bond donors (Lipinski definition) is 0. The normalized spacial score (nSPS) is 11.0. The van der Waals surface area contributed by atoms with E-state index in [4.69, 9.17) is 8.94 Å². The van der Waals surface area contributed by atoms with E-state index in [0.29, 0.717) is 17.0 Å². The third-order valence-corrected chi connectivity index (χ3v) is 3.41. The number of benzene rings is 2. The number of nitrogens with zero attached hydrogens (tertiary/aromatic N) is 4. The van der Waals surface area contributed by atoms with Crippen LogP contribution in [0.5, 0.6) is 0 Å². The fraction of sp³-hybridized carbons (Fsp3) is 0.0588. The van der Waals surface area contributed by atoms with Gasteiger partial charge in [-0.2, -0.15) is 4.98 Å². The lowest BCUT2D eigenvalue weighted by atomic mass is 10.2. The highest BCUT2D eigenvalue weighted by atomic mass is 19.1. The van der Waals surface area contributed by atoms with Crippen LogP contribution in [-0.2, 0) is 6.42 Å². The smallest absolute Gasteiger partial charge is 0.247 e. The summed E-state index contributed by atoms with van der Waals surface area (Å²) in [6, 6.07) is 11.6. The van der Waals surface area contributed by atoms with Gasteiger partial charge in [-0.15, -0.1) is 10.2 Å². The number of aromatic nitrogens is 4. The largest absolute Gasteiger partial charge is 0.420 e. The molecule has 0 fully saturated rings. The molecule has 0 aliphatic heterocycles. The fourth-order valence-corrected chi connectivity index (χ4v) is 2.24. The first-order valence-corrected chi connectivity index (χ1v) is 7.34. The summed E-state index contributed by atoms with van der Waals surface area (Å²) in [6.07, 6.45) is 0.135. The van der Waals surface area contributed by atoms with Crippen molar-refractivity contribution in [2.75, 3.05) is 0 Å². The van der Waals surface area contributed by atoms with Gasteiger partial charge >= 0.3 is 0 Å². The lowest BCUT2D eigenvalue weighted by Crippen LogP contribution is -1.89. The molecule has 8 heteroatoms. The Labute approximate surface area is 140 Å². The molecule has 6 nitrogen and oxygen atoms in total. The van der Waals surface area contributed by atoms with Crippen molar-refractivity contribution >= 4 is 0 Å². The van der Waals surface area contributed by atoms with E-state index in [2.05, 4.69) is 20.3 Å². The van der Waals surface area contributed by atoms with Crippen LogP contribution in [0.3, 0.4) is 0 Å². The van der Waals surface area contributed by atoms with Gasteiger partial charge in [-0.1, -0.05) is 11.2 Å². The van der Waals surface area contributed by atoms with Gasteiger partial charge < -0.3 is 8.94 Å². The molecular weight excluding hydrogens is 330 g/mol. The molecule has 0 unspecified atom stereocenters. The molecule has 0 saturated heterocycles. The Morgan fingerprint density at radius 3 is 2.48 bits per heavy atom. The van der Waals surface area contributed by atoms with Crippen LogP contribution in [0.4, 0.5) is 8.78 Å². The standard InChI is InChI=1S/C17H10F2N4O2/c18-12-6-4-10(5-7-12)16-20-14(25-23-16)9-15-21-22-17(24-15)11-2-1-3-13(19)8-11/h1-8H,9H2. The van der Waals surface area contributed by atoms with Crippen LogP contribution in [0, 0.1) is 11.6 Å². The summed E-state index contributed by atoms with van der Waals surface area (Å²) in [5.41, 5.74) is 1.11. The summed E-state index contributed by atoms with van der Waals surface area (Å²) in [5, 5.41) is 11.6. The first-order chi connectivity index (χ1) is 12.2. The molecule has 0 N–H and O–H groups in total. The molecular formula is C17H10F2N4O2. The second kappa shape index (κ2) is 6.23. The van der Waals surface area contributed by atoms with Crippen molar-refractivity contribution in [3.63, 3.8) is 0 Å². The zero-order valence-electron chi connectivity index (χ0n) is 12.7. The molecule has 124 valence electrons. The van der Waals surface area contributed by atoms with Crippen LogP contribution < -0.4 is 0 Å². The zero-order chi connectivity index (χ0) is 17.2. The minimum atomic E-state index is -0.391. The number of rotatable bonds is 4. The summed E-state index contributed by atoms with van der Waals surface area (Å²) in [7, 11) is 0. The van der Waals surface area contributed by atoms with E-state index in [1.54, 1.807) is 24.3 Å². The molecule has 0 bridgehead atoms. The predicted octanol–water partition coefficient (Wildman–Crippen LogP) is 3.66. The molecule has 0 atom stereocenters. The van der Waals surface area contributed by atoms with Gasteiger partial charge in [0, 0.05) is 11.1 Å². The van der Waals surface area contributed by atoms with E-state index >= 15 is 0 Å². The average Bonchev–Trinajstić information content (AvgIpc) is 3.26. The molecule has 2 heterocycles. The van der Waals surface area contributed by atoms with Crippen molar-refractivity contribution in [1.29, 1.82) is 0 Å². The third kappa shape index (κ3) is 3.27. The maximum absolute atomic E-state index is 13.2. The van der Waals surface area contributed by atoms with E-state index in [1.807, 2.05) is 0 Å². The molecule has 0 radical (unpaired) electrons. The quantitative estimate of drug-likeness (QED) is 0.564. The summed E-state index contributed by atoms with van der Waals surface area (Å²) < 4.78 is 36.8. The molecule has 0 saturated carbocycles. The lowest BCUT2D eigenvalue weighted by molar-refractivity contribution is 0.374. The van der Waals surface area contributed by atoms with Crippen LogP contribution in [0.25, 0.3) is 22.8 Å². The second-order valence-electron chi connectivity index (χ2n) is 5.21. The highest BCUT2D eigenvalue weighted by molar-refractivity contribution is 5.54. The average molecular weight is 340 g/mol. The molecule has 4 aromatic rings. The number of halogens is 2. The summed E-state index contributed by atoms with van der Waals surface area (Å²) in [4.78, 5) is 4.21. The van der Waals surface area contributed by atoms with Crippen molar-refractivity contribution in [1.82, 2.24) is 20.3 Å². The van der Waals surface area contributed by atoms with Gasteiger partial charge in [0.15, 0.2) is 0 Å². The van der Waals surface area contributed by atoms with Crippen LogP contribution in [-0.4, -0.2) is 20.3 Å². The van der Waals surface area contributed by atoms with Gasteiger partial charge in [0.25, 0.3) is 0 Å². The molecule has 0 spiro atoms. The van der Waals surface area contributed by atoms with E-state index in [-0.39, 0.29) is 29.9 Å². The van der Waals surface area contributed by atoms with Gasteiger partial charge in [0.05, 0.1) is 0 Å². The number of hydrogen-bond acceptors (Lipinski definition) is 6. The van der Waals surface area contributed by atoms with E-state index in [1.165, 1.54) is 24.3 Å². The van der Waals surface area contributed by atoms with Gasteiger partial charge in [0.1, 0.15) is 18.1 Å². The van der Waals surface area contributed by atoms with Crippen molar-refractivity contribution in [2.45, 2.75) is 6.42 Å². The van der Waals surface area contributed by atoms with Gasteiger partial charge in [-0.05, 0) is 42.5 Å². The molecule has 0 aliphatic carbocycles. The first-order valence-electron chi connectivity index (χ1n) is 7.34. The van der Waals surface area contributed by atoms with Gasteiger partial charge in [-0.25, -0.2) is 8.78 Å². The minimum Gasteiger partial charge on any atom is -0.420 e. The first kappa shape index (κ1) is 15.1. The maximum atomic E-state index is 13.2. The maximum Gasteiger partial charge on any atom is 0.247 e. The minimum absolute atomic E-state index is 0.135. The van der Waals surface area contributed by atoms with Crippen LogP contribution in [0.1, 0.15) is 11.8 Å². The molecule has 2 aromatic carbocycles. The lowest BCUT2D eigenvalue weighted by Gasteiger charge is -1.94. The molecule has 0 aliphatic rings. The van der Waals surface area contributed by atoms with Crippen LogP contribution >= 0.6 is 0 Å². The molecule has 2 aromatic heterocycles. The van der Waals surface area contributed by atoms with Crippen molar-refractivity contribution in [2.24, 2.45) is 0 Å². The van der Waals surface area contributed by atoms with E-state index in [9.17, 15) is 8.78 Å². The monoisotopic (exact) mass is 340 g/mol.